The molecule has 1 aliphatic rings. The van der Waals surface area contributed by atoms with Crippen LogP contribution in [0.3, 0.4) is 0 Å². The highest BCUT2D eigenvalue weighted by Gasteiger charge is 2.30. The number of ether oxygens (including phenoxy) is 3. The Kier molecular flexibility index (Phi) is 6.68. The molecule has 0 bridgehead atoms. The standard InChI is InChI=1S/C19H20FN3O6/c1-2-6-15(24)27-11-16-28-10-14(29-16)23-9-13(20)17(22-19(23)26)21-18(25)12-7-4-3-5-8-12/h3-5,7-9,14,16H,2,6,10-11H2,1H3,(H,21,22,25,26). The first-order valence-corrected chi connectivity index (χ1v) is 9.05. The normalized spacial score (nSPS) is 18.4. The van der Waals surface area contributed by atoms with Crippen molar-refractivity contribution >= 4 is 17.7 Å². The van der Waals surface area contributed by atoms with Crippen LogP contribution in [0.5, 0.6) is 0 Å². The number of anilines is 1. The molecule has 154 valence electrons. The number of hydrogen-bond acceptors (Lipinski definition) is 7. The molecule has 0 aliphatic carbocycles. The number of aromatic nitrogens is 2. The van der Waals surface area contributed by atoms with Gasteiger partial charge in [-0.05, 0) is 18.6 Å². The van der Waals surface area contributed by atoms with Gasteiger partial charge in [-0.1, -0.05) is 25.1 Å². The second-order valence-electron chi connectivity index (χ2n) is 6.23. The zero-order valence-corrected chi connectivity index (χ0v) is 15.7. The summed E-state index contributed by atoms with van der Waals surface area (Å²) >= 11 is 0. The fourth-order valence-corrected chi connectivity index (χ4v) is 2.62. The Bertz CT molecular complexity index is 933. The van der Waals surface area contributed by atoms with E-state index in [0.717, 1.165) is 10.8 Å². The van der Waals surface area contributed by atoms with Crippen LogP contribution in [-0.2, 0) is 19.0 Å². The first-order chi connectivity index (χ1) is 14.0. The van der Waals surface area contributed by atoms with E-state index >= 15 is 0 Å². The second kappa shape index (κ2) is 9.39. The van der Waals surface area contributed by atoms with E-state index in [0.29, 0.717) is 12.0 Å². The molecule has 1 aliphatic heterocycles. The van der Waals surface area contributed by atoms with Gasteiger partial charge in [0.1, 0.15) is 6.61 Å². The summed E-state index contributed by atoms with van der Waals surface area (Å²) in [5.41, 5.74) is -0.530. The molecule has 0 spiro atoms. The van der Waals surface area contributed by atoms with Crippen molar-refractivity contribution in [2.24, 2.45) is 0 Å². The molecule has 3 rings (SSSR count). The summed E-state index contributed by atoms with van der Waals surface area (Å²) in [5, 5.41) is 2.27. The highest BCUT2D eigenvalue weighted by atomic mass is 19.1. The Morgan fingerprint density at radius 1 is 1.34 bits per heavy atom. The zero-order valence-electron chi connectivity index (χ0n) is 15.7. The Morgan fingerprint density at radius 3 is 2.83 bits per heavy atom. The van der Waals surface area contributed by atoms with Crippen molar-refractivity contribution in [3.05, 3.63) is 58.4 Å². The van der Waals surface area contributed by atoms with Gasteiger partial charge in [0.25, 0.3) is 5.91 Å². The molecule has 2 heterocycles. The molecule has 10 heteroatoms. The van der Waals surface area contributed by atoms with Gasteiger partial charge in [-0.15, -0.1) is 0 Å². The van der Waals surface area contributed by atoms with E-state index in [1.54, 1.807) is 30.3 Å². The maximum absolute atomic E-state index is 14.4. The molecule has 1 N–H and O–H groups in total. The number of nitrogens with one attached hydrogen (secondary N) is 1. The summed E-state index contributed by atoms with van der Waals surface area (Å²) < 4.78 is 31.1. The topological polar surface area (TPSA) is 109 Å². The molecule has 0 saturated carbocycles. The Hall–Kier alpha value is -3.11. The number of esters is 1. The van der Waals surface area contributed by atoms with Crippen molar-refractivity contribution in [3.63, 3.8) is 0 Å². The van der Waals surface area contributed by atoms with Crippen LogP contribution in [-0.4, -0.2) is 40.9 Å². The van der Waals surface area contributed by atoms with Crippen molar-refractivity contribution in [2.45, 2.75) is 32.3 Å². The lowest BCUT2D eigenvalue weighted by Crippen LogP contribution is -2.31. The van der Waals surface area contributed by atoms with Crippen LogP contribution in [0.15, 0.2) is 41.3 Å². The number of amides is 1. The quantitative estimate of drug-likeness (QED) is 0.700. The number of carbonyl (C=O) groups excluding carboxylic acids is 2. The fraction of sp³-hybridized carbons (Fsp3) is 0.368. The Labute approximate surface area is 165 Å². The van der Waals surface area contributed by atoms with Crippen LogP contribution >= 0.6 is 0 Å². The molecular formula is C19H20FN3O6. The number of hydrogen-bond donors (Lipinski definition) is 1. The average Bonchev–Trinajstić information content (AvgIpc) is 3.18. The summed E-state index contributed by atoms with van der Waals surface area (Å²) in [6.07, 6.45) is 0.0176. The van der Waals surface area contributed by atoms with Gasteiger partial charge in [-0.3, -0.25) is 14.2 Å². The Balaban J connectivity index is 1.64. The molecule has 1 aromatic carbocycles. The van der Waals surface area contributed by atoms with Gasteiger partial charge in [0.05, 0.1) is 12.8 Å². The molecule has 0 radical (unpaired) electrons. The first kappa shape index (κ1) is 20.6. The van der Waals surface area contributed by atoms with Crippen molar-refractivity contribution < 1.29 is 28.2 Å². The molecule has 29 heavy (non-hydrogen) atoms. The molecule has 1 aromatic heterocycles. The van der Waals surface area contributed by atoms with Gasteiger partial charge in [0.2, 0.25) is 0 Å². The summed E-state index contributed by atoms with van der Waals surface area (Å²) in [6, 6.07) is 8.14. The van der Waals surface area contributed by atoms with E-state index in [4.69, 9.17) is 14.2 Å². The third kappa shape index (κ3) is 5.24. The first-order valence-electron chi connectivity index (χ1n) is 9.05. The number of benzene rings is 1. The van der Waals surface area contributed by atoms with Crippen LogP contribution < -0.4 is 11.0 Å². The average molecular weight is 405 g/mol. The molecule has 2 atom stereocenters. The van der Waals surface area contributed by atoms with Crippen LogP contribution in [0.4, 0.5) is 10.2 Å². The molecule has 1 saturated heterocycles. The molecule has 1 fully saturated rings. The summed E-state index contributed by atoms with van der Waals surface area (Å²) in [6.45, 7) is 1.66. The molecule has 1 amide bonds. The molecule has 9 nitrogen and oxygen atoms in total. The minimum Gasteiger partial charge on any atom is -0.460 e. The predicted molar refractivity (Wildman–Crippen MR) is 98.6 cm³/mol. The van der Waals surface area contributed by atoms with Gasteiger partial charge < -0.3 is 19.5 Å². The van der Waals surface area contributed by atoms with Crippen molar-refractivity contribution in [2.75, 3.05) is 18.5 Å². The van der Waals surface area contributed by atoms with Crippen molar-refractivity contribution in [3.8, 4) is 0 Å². The van der Waals surface area contributed by atoms with Gasteiger partial charge in [0, 0.05) is 12.0 Å². The van der Waals surface area contributed by atoms with Crippen LogP contribution in [0, 0.1) is 5.82 Å². The van der Waals surface area contributed by atoms with E-state index in [9.17, 15) is 18.8 Å². The van der Waals surface area contributed by atoms with Gasteiger partial charge in [0.15, 0.2) is 24.2 Å². The molecular weight excluding hydrogens is 385 g/mol. The maximum atomic E-state index is 14.4. The zero-order chi connectivity index (χ0) is 20.8. The van der Waals surface area contributed by atoms with Gasteiger partial charge in [-0.25, -0.2) is 9.18 Å². The van der Waals surface area contributed by atoms with E-state index in [1.807, 2.05) is 6.92 Å². The van der Waals surface area contributed by atoms with E-state index in [1.165, 1.54) is 0 Å². The molecule has 2 aromatic rings. The van der Waals surface area contributed by atoms with E-state index < -0.39 is 35.7 Å². The SMILES string of the molecule is CCCC(=O)OCC1OCC(n2cc(F)c(NC(=O)c3ccccc3)nc2=O)O1. The molecule has 2 unspecified atom stereocenters. The number of halogens is 1. The lowest BCUT2D eigenvalue weighted by Gasteiger charge is -2.14. The number of carbonyl (C=O) groups is 2. The minimum absolute atomic E-state index is 0.0489. The van der Waals surface area contributed by atoms with Gasteiger partial charge >= 0.3 is 11.7 Å². The van der Waals surface area contributed by atoms with Crippen LogP contribution in [0.1, 0.15) is 36.4 Å². The van der Waals surface area contributed by atoms with Crippen LogP contribution in [0.2, 0.25) is 0 Å². The smallest absolute Gasteiger partial charge is 0.351 e. The lowest BCUT2D eigenvalue weighted by molar-refractivity contribution is -0.159. The third-order valence-corrected chi connectivity index (χ3v) is 4.05. The number of nitrogens with zero attached hydrogens (tertiary/aromatic N) is 2. The Morgan fingerprint density at radius 2 is 2.10 bits per heavy atom. The number of rotatable bonds is 7. The predicted octanol–water partition coefficient (Wildman–Crippen LogP) is 1.85. The maximum Gasteiger partial charge on any atom is 0.351 e. The highest BCUT2D eigenvalue weighted by Crippen LogP contribution is 2.21. The summed E-state index contributed by atoms with van der Waals surface area (Å²) in [4.78, 5) is 39.4. The van der Waals surface area contributed by atoms with Crippen molar-refractivity contribution in [1.29, 1.82) is 0 Å². The van der Waals surface area contributed by atoms with E-state index in [2.05, 4.69) is 10.3 Å². The largest absolute Gasteiger partial charge is 0.460 e. The second-order valence-corrected chi connectivity index (χ2v) is 6.23. The summed E-state index contributed by atoms with van der Waals surface area (Å²) in [5.74, 6) is -2.37. The third-order valence-electron chi connectivity index (χ3n) is 4.05. The monoisotopic (exact) mass is 405 g/mol. The van der Waals surface area contributed by atoms with Crippen molar-refractivity contribution in [1.82, 2.24) is 9.55 Å². The minimum atomic E-state index is -0.932. The van der Waals surface area contributed by atoms with Gasteiger partial charge in [-0.2, -0.15) is 4.98 Å². The van der Waals surface area contributed by atoms with Crippen LogP contribution in [0.25, 0.3) is 0 Å². The fourth-order valence-electron chi connectivity index (χ4n) is 2.62. The lowest BCUT2D eigenvalue weighted by atomic mass is 10.2. The summed E-state index contributed by atoms with van der Waals surface area (Å²) in [7, 11) is 0. The van der Waals surface area contributed by atoms with E-state index in [-0.39, 0.29) is 25.6 Å². The highest BCUT2D eigenvalue weighted by molar-refractivity contribution is 6.03.